The lowest BCUT2D eigenvalue weighted by Crippen LogP contribution is -2.32. The number of hydrogen-bond donors (Lipinski definition) is 1. The van der Waals surface area contributed by atoms with Crippen molar-refractivity contribution in [1.29, 1.82) is 5.26 Å². The predicted molar refractivity (Wildman–Crippen MR) is 88.0 cm³/mol. The molecule has 0 aliphatic rings. The molecule has 23 heavy (non-hydrogen) atoms. The SMILES string of the molecule is Cc1ccnc(N(Cc2cccc(C#N)c2)CC(C)C(=O)O)c1. The van der Waals surface area contributed by atoms with Crippen molar-refractivity contribution in [1.82, 2.24) is 4.98 Å². The molecule has 1 unspecified atom stereocenters. The number of carbonyl (C=O) groups is 1. The monoisotopic (exact) mass is 309 g/mol. The maximum Gasteiger partial charge on any atom is 0.308 e. The normalized spacial score (nSPS) is 11.5. The van der Waals surface area contributed by atoms with Crippen LogP contribution in [-0.4, -0.2) is 22.6 Å². The molecule has 5 nitrogen and oxygen atoms in total. The van der Waals surface area contributed by atoms with Crippen LogP contribution in [0, 0.1) is 24.2 Å². The molecule has 1 aromatic heterocycles. The molecule has 0 saturated heterocycles. The number of rotatable bonds is 6. The number of nitrogens with zero attached hydrogens (tertiary/aromatic N) is 3. The van der Waals surface area contributed by atoms with E-state index in [-0.39, 0.29) is 0 Å². The maximum absolute atomic E-state index is 11.2. The highest BCUT2D eigenvalue weighted by Crippen LogP contribution is 2.18. The van der Waals surface area contributed by atoms with Crippen molar-refractivity contribution in [3.63, 3.8) is 0 Å². The molecule has 1 atom stereocenters. The molecule has 0 amide bonds. The van der Waals surface area contributed by atoms with Crippen LogP contribution >= 0.6 is 0 Å². The molecule has 1 aromatic carbocycles. The van der Waals surface area contributed by atoms with Crippen molar-refractivity contribution in [2.45, 2.75) is 20.4 Å². The summed E-state index contributed by atoms with van der Waals surface area (Å²) in [5.74, 6) is -0.620. The van der Waals surface area contributed by atoms with Gasteiger partial charge in [-0.25, -0.2) is 4.98 Å². The van der Waals surface area contributed by atoms with Gasteiger partial charge >= 0.3 is 5.97 Å². The summed E-state index contributed by atoms with van der Waals surface area (Å²) < 4.78 is 0. The number of benzene rings is 1. The van der Waals surface area contributed by atoms with E-state index in [1.165, 1.54) is 0 Å². The van der Waals surface area contributed by atoms with Crippen LogP contribution in [0.25, 0.3) is 0 Å². The predicted octanol–water partition coefficient (Wildman–Crippen LogP) is 2.99. The van der Waals surface area contributed by atoms with E-state index in [4.69, 9.17) is 5.26 Å². The van der Waals surface area contributed by atoms with Crippen molar-refractivity contribution in [3.05, 3.63) is 59.3 Å². The molecule has 1 heterocycles. The van der Waals surface area contributed by atoms with Crippen LogP contribution in [-0.2, 0) is 11.3 Å². The first-order valence-corrected chi connectivity index (χ1v) is 7.39. The van der Waals surface area contributed by atoms with Gasteiger partial charge < -0.3 is 10.0 Å². The Morgan fingerprint density at radius 2 is 2.17 bits per heavy atom. The van der Waals surface area contributed by atoms with Gasteiger partial charge in [-0.3, -0.25) is 4.79 Å². The summed E-state index contributed by atoms with van der Waals surface area (Å²) in [4.78, 5) is 17.5. The van der Waals surface area contributed by atoms with Crippen LogP contribution in [0.5, 0.6) is 0 Å². The second kappa shape index (κ2) is 7.41. The van der Waals surface area contributed by atoms with Gasteiger partial charge in [-0.2, -0.15) is 5.26 Å². The molecule has 0 spiro atoms. The van der Waals surface area contributed by atoms with Crippen LogP contribution in [0.3, 0.4) is 0 Å². The van der Waals surface area contributed by atoms with Crippen molar-refractivity contribution in [2.24, 2.45) is 5.92 Å². The number of pyridine rings is 1. The minimum atomic E-state index is -0.839. The molecule has 0 saturated carbocycles. The Labute approximate surface area is 135 Å². The van der Waals surface area contributed by atoms with E-state index in [1.807, 2.05) is 42.2 Å². The first-order chi connectivity index (χ1) is 11.0. The number of nitriles is 1. The van der Waals surface area contributed by atoms with Gasteiger partial charge in [0.15, 0.2) is 0 Å². The van der Waals surface area contributed by atoms with Crippen LogP contribution < -0.4 is 4.90 Å². The first kappa shape index (κ1) is 16.5. The van der Waals surface area contributed by atoms with Gasteiger partial charge in [-0.15, -0.1) is 0 Å². The summed E-state index contributed by atoms with van der Waals surface area (Å²) >= 11 is 0. The lowest BCUT2D eigenvalue weighted by Gasteiger charge is -2.26. The van der Waals surface area contributed by atoms with E-state index in [0.29, 0.717) is 18.7 Å². The van der Waals surface area contributed by atoms with E-state index in [9.17, 15) is 9.90 Å². The lowest BCUT2D eigenvalue weighted by atomic mass is 10.1. The summed E-state index contributed by atoms with van der Waals surface area (Å²) in [6.07, 6.45) is 1.72. The van der Waals surface area contributed by atoms with E-state index < -0.39 is 11.9 Å². The smallest absolute Gasteiger partial charge is 0.308 e. The van der Waals surface area contributed by atoms with Crippen molar-refractivity contribution in [2.75, 3.05) is 11.4 Å². The molecular formula is C18H19N3O2. The van der Waals surface area contributed by atoms with Crippen LogP contribution in [0.2, 0.25) is 0 Å². The summed E-state index contributed by atoms with van der Waals surface area (Å²) in [6, 6.07) is 13.3. The third kappa shape index (κ3) is 4.55. The fourth-order valence-electron chi connectivity index (χ4n) is 2.30. The fourth-order valence-corrected chi connectivity index (χ4v) is 2.30. The Morgan fingerprint density at radius 3 is 2.83 bits per heavy atom. The topological polar surface area (TPSA) is 77.2 Å². The average molecular weight is 309 g/mol. The van der Waals surface area contributed by atoms with Gasteiger partial charge in [0.2, 0.25) is 0 Å². The number of hydrogen-bond acceptors (Lipinski definition) is 4. The van der Waals surface area contributed by atoms with Crippen molar-refractivity contribution in [3.8, 4) is 6.07 Å². The zero-order chi connectivity index (χ0) is 16.8. The van der Waals surface area contributed by atoms with Gasteiger partial charge in [0.1, 0.15) is 5.82 Å². The number of aryl methyl sites for hydroxylation is 1. The Morgan fingerprint density at radius 1 is 1.39 bits per heavy atom. The minimum Gasteiger partial charge on any atom is -0.481 e. The van der Waals surface area contributed by atoms with Gasteiger partial charge in [-0.05, 0) is 42.3 Å². The third-order valence-electron chi connectivity index (χ3n) is 3.57. The Kier molecular flexibility index (Phi) is 5.32. The second-order valence-electron chi connectivity index (χ2n) is 5.62. The number of anilines is 1. The molecule has 2 rings (SSSR count). The fraction of sp³-hybridized carbons (Fsp3) is 0.278. The number of aliphatic carboxylic acids is 1. The third-order valence-corrected chi connectivity index (χ3v) is 3.57. The average Bonchev–Trinajstić information content (AvgIpc) is 2.54. The highest BCUT2D eigenvalue weighted by molar-refractivity contribution is 5.70. The molecule has 0 fully saturated rings. The summed E-state index contributed by atoms with van der Waals surface area (Å²) in [5, 5.41) is 18.2. The van der Waals surface area contributed by atoms with E-state index in [1.54, 1.807) is 19.2 Å². The molecule has 0 aliphatic carbocycles. The lowest BCUT2D eigenvalue weighted by molar-refractivity contribution is -0.140. The molecule has 0 radical (unpaired) electrons. The highest BCUT2D eigenvalue weighted by Gasteiger charge is 2.18. The Bertz CT molecular complexity index is 737. The summed E-state index contributed by atoms with van der Waals surface area (Å²) in [5.41, 5.74) is 2.60. The molecule has 1 N–H and O–H groups in total. The first-order valence-electron chi connectivity index (χ1n) is 7.39. The Balaban J connectivity index is 2.29. The zero-order valence-corrected chi connectivity index (χ0v) is 13.2. The molecule has 0 aliphatic heterocycles. The van der Waals surface area contributed by atoms with Gasteiger partial charge in [-0.1, -0.05) is 19.1 Å². The largest absolute Gasteiger partial charge is 0.481 e. The number of carboxylic acid groups (broad SMARTS) is 1. The minimum absolute atomic E-state index is 0.350. The van der Waals surface area contributed by atoms with Crippen LogP contribution in [0.4, 0.5) is 5.82 Å². The van der Waals surface area contributed by atoms with Gasteiger partial charge in [0.05, 0.1) is 17.6 Å². The van der Waals surface area contributed by atoms with Crippen molar-refractivity contribution >= 4 is 11.8 Å². The standard InChI is InChI=1S/C18H19N3O2/c1-13-6-7-20-17(8-13)21(11-14(2)18(22)23)12-16-5-3-4-15(9-16)10-19/h3-9,14H,11-12H2,1-2H3,(H,22,23). The number of aromatic nitrogens is 1. The zero-order valence-electron chi connectivity index (χ0n) is 13.2. The molecule has 118 valence electrons. The van der Waals surface area contributed by atoms with E-state index in [0.717, 1.165) is 16.9 Å². The molecule has 5 heteroatoms. The summed E-state index contributed by atoms with van der Waals surface area (Å²) in [6.45, 7) is 4.50. The van der Waals surface area contributed by atoms with Crippen molar-refractivity contribution < 1.29 is 9.90 Å². The molecule has 0 bridgehead atoms. The van der Waals surface area contributed by atoms with E-state index >= 15 is 0 Å². The van der Waals surface area contributed by atoms with E-state index in [2.05, 4.69) is 11.1 Å². The highest BCUT2D eigenvalue weighted by atomic mass is 16.4. The quantitative estimate of drug-likeness (QED) is 0.887. The van der Waals surface area contributed by atoms with Gasteiger partial charge in [0.25, 0.3) is 0 Å². The summed E-state index contributed by atoms with van der Waals surface area (Å²) in [7, 11) is 0. The van der Waals surface area contributed by atoms with Gasteiger partial charge in [0, 0.05) is 19.3 Å². The van der Waals surface area contributed by atoms with Crippen LogP contribution in [0.15, 0.2) is 42.6 Å². The molecule has 2 aromatic rings. The second-order valence-corrected chi connectivity index (χ2v) is 5.62. The number of carboxylic acids is 1. The Hall–Kier alpha value is -2.87. The van der Waals surface area contributed by atoms with Crippen LogP contribution in [0.1, 0.15) is 23.6 Å². The molecular weight excluding hydrogens is 290 g/mol. The maximum atomic E-state index is 11.2.